The highest BCUT2D eigenvalue weighted by Crippen LogP contribution is 2.10. The van der Waals surface area contributed by atoms with Gasteiger partial charge in [0.15, 0.2) is 0 Å². The fourth-order valence-electron chi connectivity index (χ4n) is 1.71. The number of nitrogens with zero attached hydrogens (tertiary/aromatic N) is 2. The number of amides is 1. The smallest absolute Gasteiger partial charge is 0.226 e. The molecule has 0 fully saturated rings. The molecule has 2 aromatic heterocycles. The molecular weight excluding hydrogens is 218 g/mol. The van der Waals surface area contributed by atoms with Crippen molar-refractivity contribution in [3.63, 3.8) is 0 Å². The van der Waals surface area contributed by atoms with Gasteiger partial charge in [0.2, 0.25) is 5.91 Å². The van der Waals surface area contributed by atoms with Crippen molar-refractivity contribution in [1.29, 1.82) is 0 Å². The third-order valence-corrected chi connectivity index (χ3v) is 2.50. The summed E-state index contributed by atoms with van der Waals surface area (Å²) in [6.45, 7) is 2.22. The monoisotopic (exact) mass is 233 g/mol. The van der Waals surface area contributed by atoms with Crippen molar-refractivity contribution in [2.75, 3.05) is 13.2 Å². The maximum atomic E-state index is 11.5. The molecule has 0 saturated heterocycles. The Morgan fingerprint density at radius 1 is 1.59 bits per heavy atom. The van der Waals surface area contributed by atoms with Crippen LogP contribution in [-0.2, 0) is 11.2 Å². The minimum absolute atomic E-state index is 0.0456. The molecule has 1 amide bonds. The van der Waals surface area contributed by atoms with Crippen molar-refractivity contribution in [3.05, 3.63) is 35.8 Å². The van der Waals surface area contributed by atoms with Gasteiger partial charge in [-0.2, -0.15) is 0 Å². The molecule has 2 rings (SSSR count). The lowest BCUT2D eigenvalue weighted by Gasteiger charge is -1.99. The highest BCUT2D eigenvalue weighted by Gasteiger charge is 2.07. The van der Waals surface area contributed by atoms with Gasteiger partial charge in [-0.25, -0.2) is 4.98 Å². The van der Waals surface area contributed by atoms with Gasteiger partial charge in [0, 0.05) is 18.9 Å². The van der Waals surface area contributed by atoms with Crippen molar-refractivity contribution in [2.45, 2.75) is 13.3 Å². The van der Waals surface area contributed by atoms with Crippen molar-refractivity contribution in [1.82, 2.24) is 14.7 Å². The molecule has 0 aromatic carbocycles. The summed E-state index contributed by atoms with van der Waals surface area (Å²) >= 11 is 0. The van der Waals surface area contributed by atoms with Gasteiger partial charge < -0.3 is 14.8 Å². The Bertz CT molecular complexity index is 534. The third-order valence-electron chi connectivity index (χ3n) is 2.50. The normalized spacial score (nSPS) is 10.7. The van der Waals surface area contributed by atoms with E-state index in [-0.39, 0.29) is 25.5 Å². The first kappa shape index (κ1) is 11.6. The van der Waals surface area contributed by atoms with Gasteiger partial charge in [0.25, 0.3) is 0 Å². The number of aliphatic hydroxyl groups excluding tert-OH is 1. The zero-order valence-corrected chi connectivity index (χ0v) is 9.68. The first-order valence-corrected chi connectivity index (χ1v) is 5.51. The van der Waals surface area contributed by atoms with E-state index in [4.69, 9.17) is 5.11 Å². The minimum Gasteiger partial charge on any atom is -0.395 e. The van der Waals surface area contributed by atoms with Gasteiger partial charge >= 0.3 is 0 Å². The largest absolute Gasteiger partial charge is 0.395 e. The molecule has 0 spiro atoms. The molecule has 0 aliphatic heterocycles. The standard InChI is InChI=1S/C12H15N3O2/c1-9-3-2-5-15-8-10(14-12(9)15)7-11(17)13-4-6-16/h2-3,5,8,16H,4,6-7H2,1H3,(H,13,17). The molecule has 0 saturated carbocycles. The second-order valence-corrected chi connectivity index (χ2v) is 3.90. The van der Waals surface area contributed by atoms with E-state index in [2.05, 4.69) is 10.3 Å². The number of fused-ring (bicyclic) bond motifs is 1. The van der Waals surface area contributed by atoms with E-state index in [0.717, 1.165) is 16.9 Å². The summed E-state index contributed by atoms with van der Waals surface area (Å²) in [4.78, 5) is 15.9. The molecule has 5 nitrogen and oxygen atoms in total. The average Bonchev–Trinajstić information content (AvgIpc) is 2.70. The maximum absolute atomic E-state index is 11.5. The molecule has 2 N–H and O–H groups in total. The van der Waals surface area contributed by atoms with Crippen LogP contribution < -0.4 is 5.32 Å². The fourth-order valence-corrected chi connectivity index (χ4v) is 1.71. The summed E-state index contributed by atoms with van der Waals surface area (Å²) in [6.07, 6.45) is 3.99. The molecule has 2 heterocycles. The summed E-state index contributed by atoms with van der Waals surface area (Å²) in [6, 6.07) is 3.93. The number of hydrogen-bond acceptors (Lipinski definition) is 3. The Labute approximate surface area is 99.1 Å². The Morgan fingerprint density at radius 3 is 3.12 bits per heavy atom. The summed E-state index contributed by atoms with van der Waals surface area (Å²) in [5.74, 6) is -0.125. The topological polar surface area (TPSA) is 66.6 Å². The van der Waals surface area contributed by atoms with Crippen LogP contribution in [0.2, 0.25) is 0 Å². The van der Waals surface area contributed by atoms with E-state index in [1.807, 2.05) is 35.9 Å². The van der Waals surface area contributed by atoms with Crippen LogP contribution in [0.4, 0.5) is 0 Å². The average molecular weight is 233 g/mol. The molecule has 0 aliphatic carbocycles. The van der Waals surface area contributed by atoms with Gasteiger partial charge in [0.1, 0.15) is 5.65 Å². The zero-order chi connectivity index (χ0) is 12.3. The molecule has 5 heteroatoms. The Kier molecular flexibility index (Phi) is 3.39. The summed E-state index contributed by atoms with van der Waals surface area (Å²) in [5, 5.41) is 11.2. The van der Waals surface area contributed by atoms with Gasteiger partial charge in [-0.1, -0.05) is 6.07 Å². The Morgan fingerprint density at radius 2 is 2.41 bits per heavy atom. The van der Waals surface area contributed by atoms with E-state index in [9.17, 15) is 4.79 Å². The van der Waals surface area contributed by atoms with Gasteiger partial charge in [0.05, 0.1) is 18.7 Å². The molecule has 2 aromatic rings. The molecule has 0 unspecified atom stereocenters. The zero-order valence-electron chi connectivity index (χ0n) is 9.68. The van der Waals surface area contributed by atoms with Crippen LogP contribution in [0.25, 0.3) is 5.65 Å². The van der Waals surface area contributed by atoms with Crippen LogP contribution in [0.15, 0.2) is 24.5 Å². The quantitative estimate of drug-likeness (QED) is 0.798. The molecule has 0 atom stereocenters. The van der Waals surface area contributed by atoms with Crippen LogP contribution in [0, 0.1) is 6.92 Å². The second kappa shape index (κ2) is 4.97. The van der Waals surface area contributed by atoms with E-state index >= 15 is 0 Å². The molecule has 0 radical (unpaired) electrons. The first-order valence-electron chi connectivity index (χ1n) is 5.51. The second-order valence-electron chi connectivity index (χ2n) is 3.90. The van der Waals surface area contributed by atoms with Crippen LogP contribution in [0.5, 0.6) is 0 Å². The molecular formula is C12H15N3O2. The van der Waals surface area contributed by atoms with Crippen LogP contribution in [0.1, 0.15) is 11.3 Å². The van der Waals surface area contributed by atoms with Gasteiger partial charge in [-0.05, 0) is 18.6 Å². The number of nitrogens with one attached hydrogen (secondary N) is 1. The van der Waals surface area contributed by atoms with Gasteiger partial charge in [-0.15, -0.1) is 0 Å². The van der Waals surface area contributed by atoms with Crippen molar-refractivity contribution in [2.24, 2.45) is 0 Å². The number of aromatic nitrogens is 2. The van der Waals surface area contributed by atoms with Crippen LogP contribution in [-0.4, -0.2) is 33.6 Å². The summed E-state index contributed by atoms with van der Waals surface area (Å²) in [7, 11) is 0. The molecule has 0 aliphatic rings. The van der Waals surface area contributed by atoms with Crippen LogP contribution in [0.3, 0.4) is 0 Å². The highest BCUT2D eigenvalue weighted by atomic mass is 16.3. The lowest BCUT2D eigenvalue weighted by atomic mass is 10.3. The number of carbonyl (C=O) groups is 1. The Balaban J connectivity index is 2.14. The van der Waals surface area contributed by atoms with Crippen LogP contribution >= 0.6 is 0 Å². The predicted octanol–water partition coefficient (Wildman–Crippen LogP) is 0.294. The number of pyridine rings is 1. The molecule has 90 valence electrons. The molecule has 0 bridgehead atoms. The SMILES string of the molecule is Cc1cccn2cc(CC(=O)NCCO)nc12. The summed E-state index contributed by atoms with van der Waals surface area (Å²) in [5.41, 5.74) is 2.68. The fraction of sp³-hybridized carbons (Fsp3) is 0.333. The van der Waals surface area contributed by atoms with Crippen molar-refractivity contribution in [3.8, 4) is 0 Å². The number of aliphatic hydroxyl groups is 1. The number of imidazole rings is 1. The number of carbonyl (C=O) groups excluding carboxylic acids is 1. The lowest BCUT2D eigenvalue weighted by molar-refractivity contribution is -0.120. The number of rotatable bonds is 4. The summed E-state index contributed by atoms with van der Waals surface area (Å²) < 4.78 is 1.91. The van der Waals surface area contributed by atoms with E-state index in [0.29, 0.717) is 0 Å². The molecule has 17 heavy (non-hydrogen) atoms. The van der Waals surface area contributed by atoms with E-state index < -0.39 is 0 Å². The number of aryl methyl sites for hydroxylation is 1. The lowest BCUT2D eigenvalue weighted by Crippen LogP contribution is -2.27. The van der Waals surface area contributed by atoms with Crippen molar-refractivity contribution >= 4 is 11.6 Å². The van der Waals surface area contributed by atoms with Crippen molar-refractivity contribution < 1.29 is 9.90 Å². The number of hydrogen-bond donors (Lipinski definition) is 2. The maximum Gasteiger partial charge on any atom is 0.226 e. The van der Waals surface area contributed by atoms with Gasteiger partial charge in [-0.3, -0.25) is 4.79 Å². The first-order chi connectivity index (χ1) is 8.20. The highest BCUT2D eigenvalue weighted by molar-refractivity contribution is 5.78. The Hall–Kier alpha value is -1.88. The minimum atomic E-state index is -0.125. The van der Waals surface area contributed by atoms with E-state index in [1.165, 1.54) is 0 Å². The van der Waals surface area contributed by atoms with E-state index in [1.54, 1.807) is 0 Å². The predicted molar refractivity (Wildman–Crippen MR) is 63.7 cm³/mol. The third kappa shape index (κ3) is 2.62.